The molecule has 0 radical (unpaired) electrons. The van der Waals surface area contributed by atoms with E-state index in [9.17, 15) is 9.59 Å². The number of alkyl halides is 1. The first-order valence-corrected chi connectivity index (χ1v) is 5.27. The van der Waals surface area contributed by atoms with Gasteiger partial charge in [0.15, 0.2) is 0 Å². The Hall–Kier alpha value is -1.49. The summed E-state index contributed by atoms with van der Waals surface area (Å²) in [5.41, 5.74) is 0.456. The quantitative estimate of drug-likeness (QED) is 0.593. The van der Waals surface area contributed by atoms with Gasteiger partial charge in [0.25, 0.3) is 5.91 Å². The molecule has 0 aliphatic rings. The highest BCUT2D eigenvalue weighted by Crippen LogP contribution is 1.98. The van der Waals surface area contributed by atoms with Crippen molar-refractivity contribution in [3.05, 3.63) is 24.2 Å². The lowest BCUT2D eigenvalue weighted by Gasteiger charge is -2.06. The first-order valence-electron chi connectivity index (χ1n) is 4.83. The lowest BCUT2D eigenvalue weighted by Crippen LogP contribution is -2.37. The number of halogens is 1. The highest BCUT2D eigenvalue weighted by atomic mass is 35.5. The van der Waals surface area contributed by atoms with Crippen LogP contribution in [0.5, 0.6) is 0 Å². The van der Waals surface area contributed by atoms with Gasteiger partial charge in [-0.15, -0.1) is 11.6 Å². The van der Waals surface area contributed by atoms with E-state index in [1.54, 1.807) is 13.0 Å². The standard InChI is InChI=1S/C10H13ClN2O3/c1-7(11)9(14)12-3-4-13-10(15)8-2-5-16-6-8/h2,5-7H,3-4H2,1H3,(H,12,14)(H,13,15). The Kier molecular flexibility index (Phi) is 4.85. The van der Waals surface area contributed by atoms with Gasteiger partial charge in [-0.1, -0.05) is 0 Å². The Morgan fingerprint density at radius 3 is 2.69 bits per heavy atom. The first kappa shape index (κ1) is 12.6. The molecular formula is C10H13ClN2O3. The SMILES string of the molecule is CC(Cl)C(=O)NCCNC(=O)c1ccoc1. The van der Waals surface area contributed by atoms with Crippen molar-refractivity contribution in [2.45, 2.75) is 12.3 Å². The van der Waals surface area contributed by atoms with Crippen molar-refractivity contribution in [3.8, 4) is 0 Å². The van der Waals surface area contributed by atoms with E-state index in [0.717, 1.165) is 0 Å². The number of carbonyl (C=O) groups excluding carboxylic acids is 2. The maximum Gasteiger partial charge on any atom is 0.254 e. The molecule has 88 valence electrons. The molecule has 0 aliphatic heterocycles. The van der Waals surface area contributed by atoms with Crippen molar-refractivity contribution in [2.24, 2.45) is 0 Å². The van der Waals surface area contributed by atoms with E-state index < -0.39 is 5.38 Å². The van der Waals surface area contributed by atoms with Gasteiger partial charge in [0, 0.05) is 13.1 Å². The zero-order valence-corrected chi connectivity index (χ0v) is 9.58. The van der Waals surface area contributed by atoms with Gasteiger partial charge in [-0.3, -0.25) is 9.59 Å². The molecule has 2 amide bonds. The monoisotopic (exact) mass is 244 g/mol. The van der Waals surface area contributed by atoms with Crippen molar-refractivity contribution in [3.63, 3.8) is 0 Å². The van der Waals surface area contributed by atoms with Gasteiger partial charge in [-0.2, -0.15) is 0 Å². The number of hydrogen-bond acceptors (Lipinski definition) is 3. The van der Waals surface area contributed by atoms with Crippen molar-refractivity contribution in [1.82, 2.24) is 10.6 Å². The lowest BCUT2D eigenvalue weighted by molar-refractivity contribution is -0.120. The van der Waals surface area contributed by atoms with E-state index in [4.69, 9.17) is 16.0 Å². The number of carbonyl (C=O) groups is 2. The molecule has 1 aromatic heterocycles. The number of hydrogen-bond donors (Lipinski definition) is 2. The molecule has 0 saturated heterocycles. The molecule has 1 rings (SSSR count). The summed E-state index contributed by atoms with van der Waals surface area (Å²) in [4.78, 5) is 22.4. The molecule has 5 nitrogen and oxygen atoms in total. The van der Waals surface area contributed by atoms with Crippen LogP contribution in [0.4, 0.5) is 0 Å². The summed E-state index contributed by atoms with van der Waals surface area (Å²) in [7, 11) is 0. The van der Waals surface area contributed by atoms with Gasteiger partial charge in [0.1, 0.15) is 11.6 Å². The highest BCUT2D eigenvalue weighted by molar-refractivity contribution is 6.30. The molecule has 0 aromatic carbocycles. The molecule has 0 bridgehead atoms. The molecular weight excluding hydrogens is 232 g/mol. The molecule has 2 N–H and O–H groups in total. The number of nitrogens with one attached hydrogen (secondary N) is 2. The van der Waals surface area contributed by atoms with Crippen LogP contribution >= 0.6 is 11.6 Å². The van der Waals surface area contributed by atoms with E-state index in [0.29, 0.717) is 18.7 Å². The second kappa shape index (κ2) is 6.17. The average molecular weight is 245 g/mol. The van der Waals surface area contributed by atoms with E-state index in [1.165, 1.54) is 12.5 Å². The molecule has 1 atom stereocenters. The molecule has 16 heavy (non-hydrogen) atoms. The predicted molar refractivity (Wildman–Crippen MR) is 59.4 cm³/mol. The summed E-state index contributed by atoms with van der Waals surface area (Å²) in [6.07, 6.45) is 2.78. The summed E-state index contributed by atoms with van der Waals surface area (Å²) in [6.45, 7) is 2.28. The Bertz CT molecular complexity index is 349. The molecule has 1 heterocycles. The molecule has 1 unspecified atom stereocenters. The van der Waals surface area contributed by atoms with Crippen LogP contribution in [0.25, 0.3) is 0 Å². The Labute approximate surface area is 98.1 Å². The summed E-state index contributed by atoms with van der Waals surface area (Å²) in [6, 6.07) is 1.56. The predicted octanol–water partition coefficient (Wildman–Crippen LogP) is 0.753. The topological polar surface area (TPSA) is 71.3 Å². The minimum Gasteiger partial charge on any atom is -0.472 e. The van der Waals surface area contributed by atoms with Crippen molar-refractivity contribution in [1.29, 1.82) is 0 Å². The van der Waals surface area contributed by atoms with Crippen molar-refractivity contribution in [2.75, 3.05) is 13.1 Å². The lowest BCUT2D eigenvalue weighted by atomic mass is 10.3. The smallest absolute Gasteiger partial charge is 0.254 e. The second-order valence-electron chi connectivity index (χ2n) is 3.17. The molecule has 1 aromatic rings. The minimum absolute atomic E-state index is 0.234. The fraction of sp³-hybridized carbons (Fsp3) is 0.400. The first-order chi connectivity index (χ1) is 7.61. The molecule has 0 fully saturated rings. The van der Waals surface area contributed by atoms with E-state index in [-0.39, 0.29) is 11.8 Å². The third-order valence-corrected chi connectivity index (χ3v) is 2.05. The zero-order valence-electron chi connectivity index (χ0n) is 8.83. The fourth-order valence-corrected chi connectivity index (χ4v) is 1.08. The molecule has 0 spiro atoms. The van der Waals surface area contributed by atoms with Crippen LogP contribution in [0.2, 0.25) is 0 Å². The van der Waals surface area contributed by atoms with Crippen LogP contribution in [0.3, 0.4) is 0 Å². The highest BCUT2D eigenvalue weighted by Gasteiger charge is 2.08. The summed E-state index contributed by atoms with van der Waals surface area (Å²) >= 11 is 5.54. The summed E-state index contributed by atoms with van der Waals surface area (Å²) < 4.78 is 4.76. The van der Waals surface area contributed by atoms with Gasteiger partial charge in [-0.05, 0) is 13.0 Å². The Balaban J connectivity index is 2.17. The number of rotatable bonds is 5. The van der Waals surface area contributed by atoms with Crippen LogP contribution < -0.4 is 10.6 Å². The van der Waals surface area contributed by atoms with Gasteiger partial charge in [-0.25, -0.2) is 0 Å². The minimum atomic E-state index is -0.565. The fourth-order valence-electron chi connectivity index (χ4n) is 0.998. The van der Waals surface area contributed by atoms with Crippen LogP contribution in [0, 0.1) is 0 Å². The summed E-state index contributed by atoms with van der Waals surface area (Å²) in [5, 5.41) is 4.63. The van der Waals surface area contributed by atoms with Gasteiger partial charge in [0.2, 0.25) is 5.91 Å². The van der Waals surface area contributed by atoms with Gasteiger partial charge >= 0.3 is 0 Å². The van der Waals surface area contributed by atoms with E-state index in [2.05, 4.69) is 10.6 Å². The number of amides is 2. The molecule has 6 heteroatoms. The summed E-state index contributed by atoms with van der Waals surface area (Å²) in [5.74, 6) is -0.485. The Morgan fingerprint density at radius 1 is 1.44 bits per heavy atom. The average Bonchev–Trinajstić information content (AvgIpc) is 2.76. The largest absolute Gasteiger partial charge is 0.472 e. The maximum atomic E-state index is 11.4. The van der Waals surface area contributed by atoms with Crippen molar-refractivity contribution < 1.29 is 14.0 Å². The zero-order chi connectivity index (χ0) is 12.0. The van der Waals surface area contributed by atoms with Crippen LogP contribution in [-0.2, 0) is 4.79 Å². The van der Waals surface area contributed by atoms with E-state index >= 15 is 0 Å². The van der Waals surface area contributed by atoms with Gasteiger partial charge < -0.3 is 15.1 Å². The third kappa shape index (κ3) is 3.94. The van der Waals surface area contributed by atoms with Crippen LogP contribution in [-0.4, -0.2) is 30.3 Å². The van der Waals surface area contributed by atoms with Crippen LogP contribution in [0.1, 0.15) is 17.3 Å². The van der Waals surface area contributed by atoms with E-state index in [1.807, 2.05) is 0 Å². The van der Waals surface area contributed by atoms with Gasteiger partial charge in [0.05, 0.1) is 11.8 Å². The second-order valence-corrected chi connectivity index (χ2v) is 3.83. The number of furan rings is 1. The molecule has 0 aliphatic carbocycles. The van der Waals surface area contributed by atoms with Crippen LogP contribution in [0.15, 0.2) is 23.0 Å². The normalized spacial score (nSPS) is 11.9. The maximum absolute atomic E-state index is 11.4. The third-order valence-electron chi connectivity index (χ3n) is 1.85. The van der Waals surface area contributed by atoms with Crippen molar-refractivity contribution >= 4 is 23.4 Å². The Morgan fingerprint density at radius 2 is 2.12 bits per heavy atom. The molecule has 0 saturated carbocycles.